The standard InChI is InChI=1S/C19H21Br2NO2/c1-3-14-7-9-18(16(21)12-14)24-10-4-5-19(23)22-17-8-6-13(2)11-15(17)20/h6-9,11-12H,3-5,10H2,1-2H3,(H,22,23). The van der Waals surface area contributed by atoms with Gasteiger partial charge in [0.1, 0.15) is 5.75 Å². The number of hydrogen-bond acceptors (Lipinski definition) is 2. The minimum atomic E-state index is -0.0106. The van der Waals surface area contributed by atoms with Gasteiger partial charge in [-0.15, -0.1) is 0 Å². The van der Waals surface area contributed by atoms with E-state index in [1.54, 1.807) is 0 Å². The molecule has 0 spiro atoms. The zero-order valence-electron chi connectivity index (χ0n) is 13.9. The van der Waals surface area contributed by atoms with Gasteiger partial charge in [-0.3, -0.25) is 4.79 Å². The van der Waals surface area contributed by atoms with Gasteiger partial charge in [0.25, 0.3) is 0 Å². The second-order valence-electron chi connectivity index (χ2n) is 5.60. The third-order valence-electron chi connectivity index (χ3n) is 3.61. The van der Waals surface area contributed by atoms with E-state index in [4.69, 9.17) is 4.74 Å². The monoisotopic (exact) mass is 453 g/mol. The molecule has 0 saturated heterocycles. The highest BCUT2D eigenvalue weighted by atomic mass is 79.9. The van der Waals surface area contributed by atoms with E-state index in [-0.39, 0.29) is 5.91 Å². The summed E-state index contributed by atoms with van der Waals surface area (Å²) >= 11 is 6.98. The van der Waals surface area contributed by atoms with Crippen LogP contribution >= 0.6 is 31.9 Å². The number of benzene rings is 2. The summed E-state index contributed by atoms with van der Waals surface area (Å²) < 4.78 is 7.59. The first-order valence-electron chi connectivity index (χ1n) is 7.97. The SMILES string of the molecule is CCc1ccc(OCCCC(=O)Nc2ccc(C)cc2Br)c(Br)c1. The van der Waals surface area contributed by atoms with Crippen LogP contribution in [0.2, 0.25) is 0 Å². The largest absolute Gasteiger partial charge is 0.492 e. The van der Waals surface area contributed by atoms with Gasteiger partial charge >= 0.3 is 0 Å². The predicted molar refractivity (Wildman–Crippen MR) is 106 cm³/mol. The van der Waals surface area contributed by atoms with Crippen LogP contribution in [0, 0.1) is 6.92 Å². The van der Waals surface area contributed by atoms with Crippen LogP contribution in [0.3, 0.4) is 0 Å². The number of hydrogen-bond donors (Lipinski definition) is 1. The maximum atomic E-state index is 12.0. The van der Waals surface area contributed by atoms with Gasteiger partial charge in [-0.25, -0.2) is 0 Å². The summed E-state index contributed by atoms with van der Waals surface area (Å²) in [5.41, 5.74) is 3.20. The Morgan fingerprint density at radius 1 is 1.12 bits per heavy atom. The Morgan fingerprint density at radius 3 is 2.58 bits per heavy atom. The van der Waals surface area contributed by atoms with E-state index in [0.717, 1.165) is 32.4 Å². The molecule has 0 unspecified atom stereocenters. The van der Waals surface area contributed by atoms with Gasteiger partial charge in [0.2, 0.25) is 5.91 Å². The smallest absolute Gasteiger partial charge is 0.224 e. The fraction of sp³-hybridized carbons (Fsp3) is 0.316. The van der Waals surface area contributed by atoms with Crippen molar-refractivity contribution >= 4 is 43.5 Å². The van der Waals surface area contributed by atoms with Crippen LogP contribution in [-0.2, 0) is 11.2 Å². The van der Waals surface area contributed by atoms with Crippen molar-refractivity contribution in [3.63, 3.8) is 0 Å². The normalized spacial score (nSPS) is 10.5. The molecule has 0 saturated carbocycles. The second-order valence-corrected chi connectivity index (χ2v) is 7.31. The first-order valence-corrected chi connectivity index (χ1v) is 9.55. The molecule has 0 radical (unpaired) electrons. The summed E-state index contributed by atoms with van der Waals surface area (Å²) in [7, 11) is 0. The van der Waals surface area contributed by atoms with Crippen LogP contribution in [0.25, 0.3) is 0 Å². The number of amides is 1. The van der Waals surface area contributed by atoms with Gasteiger partial charge in [-0.05, 0) is 87.0 Å². The molecule has 0 aliphatic rings. The lowest BCUT2D eigenvalue weighted by atomic mass is 10.2. The zero-order chi connectivity index (χ0) is 17.5. The van der Waals surface area contributed by atoms with Crippen molar-refractivity contribution in [2.24, 2.45) is 0 Å². The molecular formula is C19H21Br2NO2. The van der Waals surface area contributed by atoms with Crippen LogP contribution in [0.4, 0.5) is 5.69 Å². The van der Waals surface area contributed by atoms with Crippen LogP contribution < -0.4 is 10.1 Å². The second kappa shape index (κ2) is 9.23. The Morgan fingerprint density at radius 2 is 1.92 bits per heavy atom. The molecule has 2 aromatic carbocycles. The highest BCUT2D eigenvalue weighted by Gasteiger charge is 2.07. The summed E-state index contributed by atoms with van der Waals surface area (Å²) in [5.74, 6) is 0.803. The Labute approximate surface area is 160 Å². The van der Waals surface area contributed by atoms with Crippen molar-refractivity contribution in [1.82, 2.24) is 0 Å². The van der Waals surface area contributed by atoms with E-state index >= 15 is 0 Å². The van der Waals surface area contributed by atoms with Gasteiger partial charge in [0, 0.05) is 10.9 Å². The van der Waals surface area contributed by atoms with Crippen LogP contribution in [0.5, 0.6) is 5.75 Å². The van der Waals surface area contributed by atoms with Crippen molar-refractivity contribution in [1.29, 1.82) is 0 Å². The highest BCUT2D eigenvalue weighted by molar-refractivity contribution is 9.11. The predicted octanol–water partition coefficient (Wildman–Crippen LogP) is 5.88. The molecule has 128 valence electrons. The summed E-state index contributed by atoms with van der Waals surface area (Å²) in [5, 5.41) is 2.91. The average Bonchev–Trinajstić information content (AvgIpc) is 2.55. The lowest BCUT2D eigenvalue weighted by Gasteiger charge is -2.10. The van der Waals surface area contributed by atoms with Gasteiger partial charge in [0.15, 0.2) is 0 Å². The van der Waals surface area contributed by atoms with Gasteiger partial charge < -0.3 is 10.1 Å². The van der Waals surface area contributed by atoms with Crippen molar-refractivity contribution in [2.75, 3.05) is 11.9 Å². The molecule has 5 heteroatoms. The molecule has 0 heterocycles. The van der Waals surface area contributed by atoms with Gasteiger partial charge in [-0.2, -0.15) is 0 Å². The molecule has 2 aromatic rings. The van der Waals surface area contributed by atoms with Crippen LogP contribution in [0.1, 0.15) is 30.9 Å². The van der Waals surface area contributed by atoms with Crippen molar-refractivity contribution in [3.8, 4) is 5.75 Å². The Kier molecular flexibility index (Phi) is 7.31. The van der Waals surface area contributed by atoms with Crippen molar-refractivity contribution < 1.29 is 9.53 Å². The molecule has 24 heavy (non-hydrogen) atoms. The Bertz CT molecular complexity index is 717. The quantitative estimate of drug-likeness (QED) is 0.530. The zero-order valence-corrected chi connectivity index (χ0v) is 17.0. The maximum Gasteiger partial charge on any atom is 0.224 e. The van der Waals surface area contributed by atoms with Gasteiger partial charge in [-0.1, -0.05) is 19.1 Å². The van der Waals surface area contributed by atoms with Crippen LogP contribution in [-0.4, -0.2) is 12.5 Å². The molecule has 2 rings (SSSR count). The topological polar surface area (TPSA) is 38.3 Å². The third-order valence-corrected chi connectivity index (χ3v) is 4.88. The molecule has 0 aliphatic heterocycles. The first kappa shape index (κ1) is 19.0. The molecule has 0 atom stereocenters. The number of carbonyl (C=O) groups is 1. The fourth-order valence-corrected chi connectivity index (χ4v) is 3.36. The number of anilines is 1. The average molecular weight is 455 g/mol. The highest BCUT2D eigenvalue weighted by Crippen LogP contribution is 2.26. The van der Waals surface area contributed by atoms with E-state index < -0.39 is 0 Å². The molecular weight excluding hydrogens is 434 g/mol. The molecule has 0 fully saturated rings. The summed E-state index contributed by atoms with van der Waals surface area (Å²) in [6.07, 6.45) is 2.08. The number of carbonyl (C=O) groups excluding carboxylic acids is 1. The molecule has 1 amide bonds. The molecule has 3 nitrogen and oxygen atoms in total. The number of rotatable bonds is 7. The number of ether oxygens (including phenoxy) is 1. The van der Waals surface area contributed by atoms with E-state index in [1.807, 2.05) is 31.2 Å². The fourth-order valence-electron chi connectivity index (χ4n) is 2.23. The van der Waals surface area contributed by atoms with E-state index in [0.29, 0.717) is 19.4 Å². The first-order chi connectivity index (χ1) is 11.5. The van der Waals surface area contributed by atoms with E-state index in [9.17, 15) is 4.79 Å². The summed E-state index contributed by atoms with van der Waals surface area (Å²) in [6, 6.07) is 11.9. The summed E-state index contributed by atoms with van der Waals surface area (Å²) in [6.45, 7) is 4.64. The Balaban J connectivity index is 1.76. The minimum absolute atomic E-state index is 0.0106. The lowest BCUT2D eigenvalue weighted by molar-refractivity contribution is -0.116. The molecule has 1 N–H and O–H groups in total. The summed E-state index contributed by atoms with van der Waals surface area (Å²) in [4.78, 5) is 12.0. The van der Waals surface area contributed by atoms with Crippen molar-refractivity contribution in [2.45, 2.75) is 33.1 Å². The molecule has 0 bridgehead atoms. The Hall–Kier alpha value is -1.33. The maximum absolute atomic E-state index is 12.0. The van der Waals surface area contributed by atoms with Crippen molar-refractivity contribution in [3.05, 3.63) is 56.5 Å². The van der Waals surface area contributed by atoms with E-state index in [2.05, 4.69) is 56.2 Å². The lowest BCUT2D eigenvalue weighted by Crippen LogP contribution is -2.13. The number of nitrogens with one attached hydrogen (secondary N) is 1. The number of halogens is 2. The van der Waals surface area contributed by atoms with E-state index in [1.165, 1.54) is 5.56 Å². The minimum Gasteiger partial charge on any atom is -0.492 e. The third kappa shape index (κ3) is 5.64. The van der Waals surface area contributed by atoms with Crippen LogP contribution in [0.15, 0.2) is 45.3 Å². The number of aryl methyl sites for hydroxylation is 2. The van der Waals surface area contributed by atoms with Gasteiger partial charge in [0.05, 0.1) is 16.8 Å². The molecule has 0 aliphatic carbocycles. The molecule has 0 aromatic heterocycles.